The van der Waals surface area contributed by atoms with Crippen molar-refractivity contribution in [2.24, 2.45) is 11.1 Å². The molecule has 2 heteroatoms. The molecule has 1 unspecified atom stereocenters. The molecule has 1 atom stereocenters. The van der Waals surface area contributed by atoms with Gasteiger partial charge in [-0.05, 0) is 42.4 Å². The summed E-state index contributed by atoms with van der Waals surface area (Å²) in [5.74, 6) is 0.908. The molecule has 0 spiro atoms. The molecular formula is C15H25NO. The van der Waals surface area contributed by atoms with Gasteiger partial charge in [0.2, 0.25) is 0 Å². The van der Waals surface area contributed by atoms with Gasteiger partial charge in [-0.1, -0.05) is 32.9 Å². The second kappa shape index (κ2) is 6.06. The first-order valence-corrected chi connectivity index (χ1v) is 6.29. The van der Waals surface area contributed by atoms with Crippen molar-refractivity contribution in [1.82, 2.24) is 0 Å². The first-order valence-electron chi connectivity index (χ1n) is 6.29. The average Bonchev–Trinajstić information content (AvgIpc) is 2.26. The highest BCUT2D eigenvalue weighted by molar-refractivity contribution is 5.28. The van der Waals surface area contributed by atoms with E-state index in [0.717, 1.165) is 25.0 Å². The maximum atomic E-state index is 6.16. The fraction of sp³-hybridized carbons (Fsp3) is 0.600. The van der Waals surface area contributed by atoms with E-state index in [-0.39, 0.29) is 6.04 Å². The molecule has 1 aromatic carbocycles. The number of methoxy groups -OCH3 is 1. The Kier molecular flexibility index (Phi) is 5.01. The molecule has 0 radical (unpaired) electrons. The van der Waals surface area contributed by atoms with Crippen molar-refractivity contribution in [3.63, 3.8) is 0 Å². The van der Waals surface area contributed by atoms with Gasteiger partial charge < -0.3 is 10.5 Å². The highest BCUT2D eigenvalue weighted by Crippen LogP contribution is 2.22. The quantitative estimate of drug-likeness (QED) is 0.849. The maximum absolute atomic E-state index is 6.16. The van der Waals surface area contributed by atoms with Crippen LogP contribution >= 0.6 is 0 Å². The van der Waals surface area contributed by atoms with E-state index in [4.69, 9.17) is 10.5 Å². The van der Waals surface area contributed by atoms with Crippen LogP contribution in [0.5, 0.6) is 5.75 Å². The molecule has 2 N–H and O–H groups in total. The van der Waals surface area contributed by atoms with Crippen molar-refractivity contribution in [3.05, 3.63) is 29.8 Å². The van der Waals surface area contributed by atoms with Crippen LogP contribution in [0.2, 0.25) is 0 Å². The van der Waals surface area contributed by atoms with Crippen LogP contribution in [0.1, 0.15) is 39.2 Å². The van der Waals surface area contributed by atoms with Crippen LogP contribution in [-0.2, 0) is 6.42 Å². The van der Waals surface area contributed by atoms with Crippen LogP contribution in [0, 0.1) is 5.41 Å². The molecule has 0 saturated heterocycles. The highest BCUT2D eigenvalue weighted by atomic mass is 16.5. The number of hydrogen-bond acceptors (Lipinski definition) is 2. The largest absolute Gasteiger partial charge is 0.497 e. The Balaban J connectivity index is 2.47. The average molecular weight is 235 g/mol. The van der Waals surface area contributed by atoms with Crippen LogP contribution < -0.4 is 10.5 Å². The molecule has 2 nitrogen and oxygen atoms in total. The summed E-state index contributed by atoms with van der Waals surface area (Å²) >= 11 is 0. The van der Waals surface area contributed by atoms with Gasteiger partial charge in [-0.25, -0.2) is 0 Å². The number of benzene rings is 1. The summed E-state index contributed by atoms with van der Waals surface area (Å²) in [5.41, 5.74) is 7.79. The molecule has 0 fully saturated rings. The Morgan fingerprint density at radius 3 is 2.59 bits per heavy atom. The van der Waals surface area contributed by atoms with E-state index >= 15 is 0 Å². The lowest BCUT2D eigenvalue weighted by molar-refractivity contribution is 0.347. The van der Waals surface area contributed by atoms with Gasteiger partial charge in [-0.3, -0.25) is 0 Å². The number of rotatable bonds is 5. The second-order valence-electron chi connectivity index (χ2n) is 5.92. The van der Waals surface area contributed by atoms with E-state index < -0.39 is 0 Å². The zero-order chi connectivity index (χ0) is 12.9. The second-order valence-corrected chi connectivity index (χ2v) is 5.92. The van der Waals surface area contributed by atoms with E-state index in [1.54, 1.807) is 7.11 Å². The molecule has 0 aliphatic heterocycles. The van der Waals surface area contributed by atoms with Gasteiger partial charge >= 0.3 is 0 Å². The smallest absolute Gasteiger partial charge is 0.119 e. The summed E-state index contributed by atoms with van der Waals surface area (Å²) in [4.78, 5) is 0. The van der Waals surface area contributed by atoms with Crippen molar-refractivity contribution in [1.29, 1.82) is 0 Å². The van der Waals surface area contributed by atoms with Gasteiger partial charge in [0.1, 0.15) is 5.75 Å². The SMILES string of the molecule is COc1cccc(CC(N)CCC(C)(C)C)c1. The standard InChI is InChI=1S/C15H25NO/c1-15(2,3)9-8-13(16)10-12-6-5-7-14(11-12)17-4/h5-7,11,13H,8-10,16H2,1-4H3. The molecule has 1 rings (SSSR count). The van der Waals surface area contributed by atoms with E-state index in [1.807, 2.05) is 12.1 Å². The van der Waals surface area contributed by atoms with Crippen LogP contribution in [0.3, 0.4) is 0 Å². The van der Waals surface area contributed by atoms with Gasteiger partial charge in [-0.2, -0.15) is 0 Å². The number of ether oxygens (including phenoxy) is 1. The third kappa shape index (κ3) is 5.73. The van der Waals surface area contributed by atoms with Crippen molar-refractivity contribution in [2.75, 3.05) is 7.11 Å². The third-order valence-electron chi connectivity index (χ3n) is 2.90. The van der Waals surface area contributed by atoms with Crippen molar-refractivity contribution in [3.8, 4) is 5.75 Å². The van der Waals surface area contributed by atoms with Gasteiger partial charge in [0.25, 0.3) is 0 Å². The Labute approximate surface area is 105 Å². The van der Waals surface area contributed by atoms with E-state index in [1.165, 1.54) is 5.56 Å². The Morgan fingerprint density at radius 1 is 1.29 bits per heavy atom. The van der Waals surface area contributed by atoms with Crippen LogP contribution in [0.15, 0.2) is 24.3 Å². The molecule has 0 aliphatic rings. The summed E-state index contributed by atoms with van der Waals surface area (Å²) in [7, 11) is 1.69. The van der Waals surface area contributed by atoms with Gasteiger partial charge in [0, 0.05) is 6.04 Å². The molecule has 17 heavy (non-hydrogen) atoms. The third-order valence-corrected chi connectivity index (χ3v) is 2.90. The summed E-state index contributed by atoms with van der Waals surface area (Å²) < 4.78 is 5.21. The molecule has 0 bridgehead atoms. The number of nitrogens with two attached hydrogens (primary N) is 1. The Morgan fingerprint density at radius 2 is 2.00 bits per heavy atom. The summed E-state index contributed by atoms with van der Waals surface area (Å²) in [6, 6.07) is 8.40. The molecule has 96 valence electrons. The van der Waals surface area contributed by atoms with Crippen LogP contribution in [0.4, 0.5) is 0 Å². The van der Waals surface area contributed by atoms with Crippen molar-refractivity contribution < 1.29 is 4.74 Å². The fourth-order valence-corrected chi connectivity index (χ4v) is 1.82. The van der Waals surface area contributed by atoms with Crippen LogP contribution in [-0.4, -0.2) is 13.2 Å². The zero-order valence-electron chi connectivity index (χ0n) is 11.5. The monoisotopic (exact) mass is 235 g/mol. The van der Waals surface area contributed by atoms with Crippen molar-refractivity contribution >= 4 is 0 Å². The zero-order valence-corrected chi connectivity index (χ0v) is 11.5. The number of hydrogen-bond donors (Lipinski definition) is 1. The maximum Gasteiger partial charge on any atom is 0.119 e. The first kappa shape index (κ1) is 14.0. The summed E-state index contributed by atoms with van der Waals surface area (Å²) in [6.07, 6.45) is 3.16. The highest BCUT2D eigenvalue weighted by Gasteiger charge is 2.13. The fourth-order valence-electron chi connectivity index (χ4n) is 1.82. The molecule has 0 amide bonds. The minimum Gasteiger partial charge on any atom is -0.497 e. The summed E-state index contributed by atoms with van der Waals surface area (Å²) in [6.45, 7) is 6.77. The lowest BCUT2D eigenvalue weighted by Gasteiger charge is -2.21. The van der Waals surface area contributed by atoms with Crippen molar-refractivity contribution in [2.45, 2.75) is 46.1 Å². The minimum atomic E-state index is 0.237. The lowest BCUT2D eigenvalue weighted by Crippen LogP contribution is -2.24. The molecule has 1 aromatic rings. The topological polar surface area (TPSA) is 35.2 Å². The predicted octanol–water partition coefficient (Wildman–Crippen LogP) is 3.39. The Bertz CT molecular complexity index is 341. The van der Waals surface area contributed by atoms with Gasteiger partial charge in [0.15, 0.2) is 0 Å². The molecular weight excluding hydrogens is 210 g/mol. The molecule has 0 saturated carbocycles. The lowest BCUT2D eigenvalue weighted by atomic mass is 9.87. The van der Waals surface area contributed by atoms with Gasteiger partial charge in [0.05, 0.1) is 7.11 Å². The minimum absolute atomic E-state index is 0.237. The van der Waals surface area contributed by atoms with E-state index in [9.17, 15) is 0 Å². The van der Waals surface area contributed by atoms with E-state index in [0.29, 0.717) is 5.41 Å². The predicted molar refractivity (Wildman–Crippen MR) is 73.4 cm³/mol. The summed E-state index contributed by atoms with van der Waals surface area (Å²) in [5, 5.41) is 0. The van der Waals surface area contributed by atoms with E-state index in [2.05, 4.69) is 32.9 Å². The normalized spacial score (nSPS) is 13.5. The first-order chi connectivity index (χ1) is 7.90. The van der Waals surface area contributed by atoms with Gasteiger partial charge in [-0.15, -0.1) is 0 Å². The van der Waals surface area contributed by atoms with Crippen LogP contribution in [0.25, 0.3) is 0 Å². The molecule has 0 aromatic heterocycles. The molecule has 0 aliphatic carbocycles. The molecule has 0 heterocycles. The Hall–Kier alpha value is -1.02.